The van der Waals surface area contributed by atoms with E-state index in [0.29, 0.717) is 19.0 Å². The fourth-order valence-electron chi connectivity index (χ4n) is 2.65. The average molecular weight is 470 g/mol. The molecule has 1 aliphatic heterocycles. The Kier molecular flexibility index (Phi) is 8.72. The van der Waals surface area contributed by atoms with E-state index < -0.39 is 33.8 Å². The van der Waals surface area contributed by atoms with Gasteiger partial charge < -0.3 is 12.3 Å². The molecule has 0 unspecified atom stereocenters. The number of nitrogens with zero attached hydrogens (tertiary/aromatic N) is 1. The van der Waals surface area contributed by atoms with Gasteiger partial charge in [0.2, 0.25) is 25.0 Å². The number of hydrogen-bond acceptors (Lipinski definition) is 5. The van der Waals surface area contributed by atoms with Crippen LogP contribution in [0.25, 0.3) is 0 Å². The Labute approximate surface area is 179 Å². The minimum absolute atomic E-state index is 0.285. The van der Waals surface area contributed by atoms with Crippen LogP contribution in [0.15, 0.2) is 49.0 Å². The normalized spacial score (nSPS) is 15.7. The van der Waals surface area contributed by atoms with E-state index in [9.17, 15) is 9.59 Å². The maximum atomic E-state index is 11.9. The molecule has 0 saturated carbocycles. The molecular weight excluding hydrogens is 435 g/mol. The number of hydrogen-bond donors (Lipinski definition) is 0. The van der Waals surface area contributed by atoms with Gasteiger partial charge in [-0.3, -0.25) is 14.5 Å². The van der Waals surface area contributed by atoms with Crippen LogP contribution in [0.3, 0.4) is 0 Å². The second-order valence-electron chi connectivity index (χ2n) is 8.68. The van der Waals surface area contributed by atoms with Crippen molar-refractivity contribution in [3.63, 3.8) is 0 Å². The highest BCUT2D eigenvalue weighted by Gasteiger charge is 2.51. The molecule has 2 amide bonds. The first-order valence-electron chi connectivity index (χ1n) is 9.75. The van der Waals surface area contributed by atoms with Crippen molar-refractivity contribution in [1.82, 2.24) is 4.90 Å². The van der Waals surface area contributed by atoms with Gasteiger partial charge in [-0.1, -0.05) is 17.1 Å². The molecule has 0 aromatic rings. The maximum absolute atomic E-state index is 11.9. The molecule has 162 valence electrons. The lowest BCUT2D eigenvalue weighted by molar-refractivity contribution is -0.136. The molecule has 1 rings (SSSR count). The lowest BCUT2D eigenvalue weighted by Crippen LogP contribution is -2.61. The van der Waals surface area contributed by atoms with Crippen molar-refractivity contribution in [2.24, 2.45) is 0 Å². The van der Waals surface area contributed by atoms with Crippen molar-refractivity contribution >= 4 is 45.6 Å². The molecule has 0 aromatic carbocycles. The van der Waals surface area contributed by atoms with Gasteiger partial charge >= 0.3 is 8.80 Å². The van der Waals surface area contributed by atoms with Crippen LogP contribution in [0, 0.1) is 0 Å². The van der Waals surface area contributed by atoms with Crippen LogP contribution < -0.4 is 0 Å². The summed E-state index contributed by atoms with van der Waals surface area (Å²) in [6.07, 6.45) is 3.13. The van der Waals surface area contributed by atoms with E-state index in [1.807, 2.05) is 17.1 Å². The molecule has 29 heavy (non-hydrogen) atoms. The zero-order valence-electron chi connectivity index (χ0n) is 18.6. The van der Waals surface area contributed by atoms with E-state index in [4.69, 9.17) is 12.3 Å². The standard InChI is InChI=1S/C19H35NO5Si4/c1-10-26(4,5)23-29(24-27(6,7)11-2,25-28(8,9)12-3)17-13-16-20-18(21)14-15-19(20)22/h10-12,14-15H,1-3,13,16-17H2,4-9H3. The van der Waals surface area contributed by atoms with Crippen molar-refractivity contribution in [2.75, 3.05) is 6.54 Å². The van der Waals surface area contributed by atoms with Crippen LogP contribution in [0.5, 0.6) is 0 Å². The monoisotopic (exact) mass is 469 g/mol. The molecule has 0 atom stereocenters. The second-order valence-corrected chi connectivity index (χ2v) is 23.8. The van der Waals surface area contributed by atoms with Crippen LogP contribution in [-0.2, 0) is 21.9 Å². The first kappa shape index (κ1) is 25.9. The van der Waals surface area contributed by atoms with Crippen LogP contribution in [0.2, 0.25) is 45.3 Å². The van der Waals surface area contributed by atoms with Gasteiger partial charge in [0.25, 0.3) is 11.8 Å². The van der Waals surface area contributed by atoms with Gasteiger partial charge in [-0.25, -0.2) is 0 Å². The number of carbonyl (C=O) groups excluding carboxylic acids is 2. The van der Waals surface area contributed by atoms with Gasteiger partial charge in [0.1, 0.15) is 0 Å². The summed E-state index contributed by atoms with van der Waals surface area (Å²) in [5.74, 6) is -0.570. The van der Waals surface area contributed by atoms with Crippen LogP contribution in [0.4, 0.5) is 0 Å². The van der Waals surface area contributed by atoms with E-state index in [2.05, 4.69) is 59.0 Å². The Morgan fingerprint density at radius 2 is 1.14 bits per heavy atom. The predicted molar refractivity (Wildman–Crippen MR) is 127 cm³/mol. The second kappa shape index (κ2) is 9.77. The van der Waals surface area contributed by atoms with Crippen LogP contribution in [-0.4, -0.2) is 57.0 Å². The Morgan fingerprint density at radius 3 is 1.45 bits per heavy atom. The van der Waals surface area contributed by atoms with Gasteiger partial charge in [-0.2, -0.15) is 0 Å². The van der Waals surface area contributed by atoms with E-state index >= 15 is 0 Å². The summed E-state index contributed by atoms with van der Waals surface area (Å²) >= 11 is 0. The lowest BCUT2D eigenvalue weighted by atomic mass is 10.4. The minimum Gasteiger partial charge on any atom is -0.413 e. The topological polar surface area (TPSA) is 65.1 Å². The Bertz CT molecular complexity index is 630. The molecule has 0 spiro atoms. The number of imide groups is 1. The van der Waals surface area contributed by atoms with Crippen molar-refractivity contribution in [3.8, 4) is 0 Å². The Morgan fingerprint density at radius 1 is 0.793 bits per heavy atom. The van der Waals surface area contributed by atoms with Gasteiger partial charge in [-0.05, 0) is 45.7 Å². The molecule has 0 bridgehead atoms. The highest BCUT2D eigenvalue weighted by Crippen LogP contribution is 2.31. The van der Waals surface area contributed by atoms with E-state index in [1.54, 1.807) is 0 Å². The molecule has 0 aromatic heterocycles. The van der Waals surface area contributed by atoms with Crippen LogP contribution >= 0.6 is 0 Å². The molecular formula is C19H35NO5Si4. The summed E-state index contributed by atoms with van der Waals surface area (Å²) in [7, 11) is -9.94. The van der Waals surface area contributed by atoms with Crippen molar-refractivity contribution < 1.29 is 21.9 Å². The van der Waals surface area contributed by atoms with E-state index in [1.165, 1.54) is 17.1 Å². The molecule has 6 nitrogen and oxygen atoms in total. The fourth-order valence-corrected chi connectivity index (χ4v) is 16.7. The maximum Gasteiger partial charge on any atom is 0.470 e. The van der Waals surface area contributed by atoms with Crippen molar-refractivity contribution in [3.05, 3.63) is 49.0 Å². The van der Waals surface area contributed by atoms with E-state index in [0.717, 1.165) is 0 Å². The largest absolute Gasteiger partial charge is 0.470 e. The molecule has 1 heterocycles. The van der Waals surface area contributed by atoms with Gasteiger partial charge in [0.15, 0.2) is 0 Å². The van der Waals surface area contributed by atoms with Crippen molar-refractivity contribution in [2.45, 2.75) is 51.7 Å². The molecule has 0 fully saturated rings. The molecule has 0 aliphatic carbocycles. The SMILES string of the molecule is C=C[Si](C)(C)O[Si](CCCN1C(=O)C=CC1=O)(O[Si](C)(C)C=C)O[Si](C)(C)C=C. The summed E-state index contributed by atoms with van der Waals surface area (Å²) in [6.45, 7) is 24.4. The third-order valence-corrected chi connectivity index (χ3v) is 18.5. The zero-order valence-corrected chi connectivity index (χ0v) is 22.6. The number of amides is 2. The van der Waals surface area contributed by atoms with E-state index in [-0.39, 0.29) is 11.8 Å². The third-order valence-electron chi connectivity index (χ3n) is 4.50. The minimum atomic E-state index is -3.18. The fraction of sp³-hybridized carbons (Fsp3) is 0.474. The van der Waals surface area contributed by atoms with Gasteiger partial charge in [0, 0.05) is 24.7 Å². The highest BCUT2D eigenvalue weighted by atomic mass is 28.5. The quantitative estimate of drug-likeness (QED) is 0.300. The van der Waals surface area contributed by atoms with Crippen molar-refractivity contribution in [1.29, 1.82) is 0 Å². The molecule has 0 radical (unpaired) electrons. The number of carbonyl (C=O) groups is 2. The first-order chi connectivity index (χ1) is 13.2. The molecule has 1 aliphatic rings. The van der Waals surface area contributed by atoms with Gasteiger partial charge in [-0.15, -0.1) is 19.7 Å². The first-order valence-corrected chi connectivity index (χ1v) is 20.6. The zero-order chi connectivity index (χ0) is 22.5. The van der Waals surface area contributed by atoms with Gasteiger partial charge in [0.05, 0.1) is 0 Å². The molecule has 0 saturated heterocycles. The smallest absolute Gasteiger partial charge is 0.413 e. The summed E-state index contributed by atoms with van der Waals surface area (Å²) in [6, 6.07) is 0.503. The summed E-state index contributed by atoms with van der Waals surface area (Å²) in [4.78, 5) is 25.0. The molecule has 0 N–H and O–H groups in total. The van der Waals surface area contributed by atoms with Crippen LogP contribution in [0.1, 0.15) is 6.42 Å². The highest BCUT2D eigenvalue weighted by molar-refractivity contribution is 6.93. The summed E-state index contributed by atoms with van der Waals surface area (Å²) < 4.78 is 20.0. The lowest BCUT2D eigenvalue weighted by Gasteiger charge is -2.43. The third kappa shape index (κ3) is 7.89. The Hall–Kier alpha value is -1.15. The summed E-state index contributed by atoms with van der Waals surface area (Å²) in [5.41, 5.74) is 5.59. The molecule has 10 heteroatoms. The predicted octanol–water partition coefficient (Wildman–Crippen LogP) is 4.08. The summed E-state index contributed by atoms with van der Waals surface area (Å²) in [5, 5.41) is 0. The average Bonchev–Trinajstić information content (AvgIpc) is 2.92. The Balaban J connectivity index is 3.20. The number of rotatable bonds is 13.